The molecular formula is C20H23N3O4S2. The largest absolute Gasteiger partial charge is 0.324 e. The number of nitrogens with one attached hydrogen (secondary N) is 1. The van der Waals surface area contributed by atoms with Crippen molar-refractivity contribution >= 4 is 48.9 Å². The van der Waals surface area contributed by atoms with Crippen LogP contribution in [-0.4, -0.2) is 31.7 Å². The van der Waals surface area contributed by atoms with E-state index >= 15 is 0 Å². The van der Waals surface area contributed by atoms with Gasteiger partial charge in [-0.05, 0) is 43.2 Å². The first-order valence-electron chi connectivity index (χ1n) is 9.23. The molecule has 9 heteroatoms. The van der Waals surface area contributed by atoms with E-state index < -0.39 is 15.9 Å². The molecule has 0 aliphatic rings. The van der Waals surface area contributed by atoms with Crippen molar-refractivity contribution in [2.45, 2.75) is 26.8 Å². The van der Waals surface area contributed by atoms with E-state index in [4.69, 9.17) is 0 Å². The lowest BCUT2D eigenvalue weighted by atomic mass is 10.1. The maximum atomic E-state index is 12.6. The molecule has 0 saturated carbocycles. The Morgan fingerprint density at radius 1 is 1.17 bits per heavy atom. The van der Waals surface area contributed by atoms with Crippen LogP contribution >= 0.6 is 11.3 Å². The highest BCUT2D eigenvalue weighted by Gasteiger charge is 2.23. The van der Waals surface area contributed by atoms with Gasteiger partial charge in [0, 0.05) is 12.2 Å². The molecule has 0 bridgehead atoms. The third-order valence-electron chi connectivity index (χ3n) is 4.60. The van der Waals surface area contributed by atoms with Gasteiger partial charge in [-0.1, -0.05) is 36.5 Å². The summed E-state index contributed by atoms with van der Waals surface area (Å²) in [5.74, 6) is -0.456. The number of carbonyl (C=O) groups excluding carboxylic acids is 1. The summed E-state index contributed by atoms with van der Waals surface area (Å²) >= 11 is 1.11. The first kappa shape index (κ1) is 21.1. The van der Waals surface area contributed by atoms with Crippen LogP contribution in [0.4, 0.5) is 11.4 Å². The number of fused-ring (bicyclic) bond motifs is 1. The Morgan fingerprint density at radius 3 is 2.55 bits per heavy atom. The highest BCUT2D eigenvalue weighted by molar-refractivity contribution is 7.92. The predicted octanol–water partition coefficient (Wildman–Crippen LogP) is 3.05. The highest BCUT2D eigenvalue weighted by atomic mass is 32.2. The van der Waals surface area contributed by atoms with Crippen LogP contribution in [0.2, 0.25) is 0 Å². The summed E-state index contributed by atoms with van der Waals surface area (Å²) in [5, 5.41) is 2.74. The second-order valence-electron chi connectivity index (χ2n) is 6.59. The lowest BCUT2D eigenvalue weighted by Gasteiger charge is -2.24. The zero-order chi connectivity index (χ0) is 21.2. The van der Waals surface area contributed by atoms with Crippen LogP contribution in [0.3, 0.4) is 0 Å². The van der Waals surface area contributed by atoms with Crippen LogP contribution < -0.4 is 14.5 Å². The van der Waals surface area contributed by atoms with Crippen molar-refractivity contribution in [3.05, 3.63) is 57.7 Å². The maximum absolute atomic E-state index is 12.6. The molecule has 0 spiro atoms. The Hall–Kier alpha value is -2.65. The number of benzene rings is 2. The standard InChI is InChI=1S/C20H23N3O4S2/c1-4-14-8-6-7-9-16(14)23(29(3,26)27)13-19(24)21-15-10-11-17-18(12-15)28-20(25)22(17)5-2/h6-12H,4-5,13H2,1-3H3,(H,21,24). The minimum atomic E-state index is -3.65. The summed E-state index contributed by atoms with van der Waals surface area (Å²) in [7, 11) is -3.65. The molecule has 3 rings (SSSR count). The van der Waals surface area contributed by atoms with Gasteiger partial charge in [-0.2, -0.15) is 0 Å². The molecule has 0 radical (unpaired) electrons. The van der Waals surface area contributed by atoms with Crippen molar-refractivity contribution in [2.24, 2.45) is 0 Å². The molecule has 1 aromatic heterocycles. The van der Waals surface area contributed by atoms with Gasteiger partial charge in [0.2, 0.25) is 15.9 Å². The number of aryl methyl sites for hydroxylation is 2. The van der Waals surface area contributed by atoms with Gasteiger partial charge >= 0.3 is 4.87 Å². The molecule has 7 nitrogen and oxygen atoms in total. The second-order valence-corrected chi connectivity index (χ2v) is 9.49. The molecule has 0 aliphatic carbocycles. The van der Waals surface area contributed by atoms with Crippen LogP contribution in [0.15, 0.2) is 47.3 Å². The van der Waals surface area contributed by atoms with Gasteiger partial charge < -0.3 is 5.32 Å². The molecule has 154 valence electrons. The molecule has 2 aromatic carbocycles. The van der Waals surface area contributed by atoms with Gasteiger partial charge in [-0.15, -0.1) is 0 Å². The number of thiazole rings is 1. The summed E-state index contributed by atoms with van der Waals surface area (Å²) in [6.07, 6.45) is 1.73. The molecule has 0 fully saturated rings. The smallest absolute Gasteiger partial charge is 0.308 e. The third-order valence-corrected chi connectivity index (χ3v) is 6.67. The second kappa shape index (κ2) is 8.38. The van der Waals surface area contributed by atoms with E-state index in [2.05, 4.69) is 5.32 Å². The number of para-hydroxylation sites is 1. The van der Waals surface area contributed by atoms with Crippen LogP contribution in [0.25, 0.3) is 10.2 Å². The molecule has 1 N–H and O–H groups in total. The molecule has 0 atom stereocenters. The number of sulfonamides is 1. The Balaban J connectivity index is 1.86. The van der Waals surface area contributed by atoms with Crippen molar-refractivity contribution in [3.63, 3.8) is 0 Å². The number of amides is 1. The lowest BCUT2D eigenvalue weighted by molar-refractivity contribution is -0.114. The van der Waals surface area contributed by atoms with E-state index in [1.165, 1.54) is 0 Å². The van der Waals surface area contributed by atoms with E-state index in [9.17, 15) is 18.0 Å². The predicted molar refractivity (Wildman–Crippen MR) is 118 cm³/mol. The van der Waals surface area contributed by atoms with Crippen LogP contribution in [0.1, 0.15) is 19.4 Å². The van der Waals surface area contributed by atoms with Gasteiger partial charge in [-0.25, -0.2) is 8.42 Å². The molecule has 1 heterocycles. The van der Waals surface area contributed by atoms with Crippen molar-refractivity contribution in [1.82, 2.24) is 4.57 Å². The number of nitrogens with zero attached hydrogens (tertiary/aromatic N) is 2. The fourth-order valence-corrected chi connectivity index (χ4v) is 5.09. The molecular weight excluding hydrogens is 410 g/mol. The molecule has 3 aromatic rings. The molecule has 29 heavy (non-hydrogen) atoms. The first-order valence-corrected chi connectivity index (χ1v) is 11.9. The van der Waals surface area contributed by atoms with Gasteiger partial charge in [-0.3, -0.25) is 18.5 Å². The number of rotatable bonds is 7. The zero-order valence-electron chi connectivity index (χ0n) is 16.5. The van der Waals surface area contributed by atoms with Crippen molar-refractivity contribution in [2.75, 3.05) is 22.4 Å². The molecule has 0 saturated heterocycles. The van der Waals surface area contributed by atoms with E-state index in [1.807, 2.05) is 26.0 Å². The van der Waals surface area contributed by atoms with Gasteiger partial charge in [0.15, 0.2) is 0 Å². The number of hydrogen-bond acceptors (Lipinski definition) is 5. The number of anilines is 2. The van der Waals surface area contributed by atoms with Crippen LogP contribution in [0, 0.1) is 0 Å². The van der Waals surface area contributed by atoms with Crippen LogP contribution in [-0.2, 0) is 27.8 Å². The average molecular weight is 434 g/mol. The Morgan fingerprint density at radius 2 is 1.90 bits per heavy atom. The summed E-state index contributed by atoms with van der Waals surface area (Å²) in [5.41, 5.74) is 2.68. The lowest BCUT2D eigenvalue weighted by Crippen LogP contribution is -2.38. The number of aromatic nitrogens is 1. The summed E-state index contributed by atoms with van der Waals surface area (Å²) < 4.78 is 28.2. The third kappa shape index (κ3) is 4.51. The van der Waals surface area contributed by atoms with E-state index in [0.717, 1.165) is 37.7 Å². The molecule has 0 unspecified atom stereocenters. The number of carbonyl (C=O) groups is 1. The minimum absolute atomic E-state index is 0.0506. The molecule has 1 amide bonds. The summed E-state index contributed by atoms with van der Waals surface area (Å²) in [4.78, 5) is 24.6. The quantitative estimate of drug-likeness (QED) is 0.620. The van der Waals surface area contributed by atoms with Crippen LogP contribution in [0.5, 0.6) is 0 Å². The van der Waals surface area contributed by atoms with Gasteiger partial charge in [0.25, 0.3) is 0 Å². The Labute approximate surface area is 173 Å². The van der Waals surface area contributed by atoms with E-state index in [-0.39, 0.29) is 11.4 Å². The Bertz CT molecular complexity index is 1210. The van der Waals surface area contributed by atoms with Crippen molar-refractivity contribution in [1.29, 1.82) is 0 Å². The van der Waals surface area contributed by atoms with E-state index in [0.29, 0.717) is 24.3 Å². The highest BCUT2D eigenvalue weighted by Crippen LogP contribution is 2.24. The normalized spacial score (nSPS) is 11.6. The monoisotopic (exact) mass is 433 g/mol. The maximum Gasteiger partial charge on any atom is 0.308 e. The van der Waals surface area contributed by atoms with Gasteiger partial charge in [0.1, 0.15) is 6.54 Å². The Kier molecular flexibility index (Phi) is 6.09. The summed E-state index contributed by atoms with van der Waals surface area (Å²) in [6.45, 7) is 4.07. The topological polar surface area (TPSA) is 88.5 Å². The minimum Gasteiger partial charge on any atom is -0.324 e. The fourth-order valence-electron chi connectivity index (χ4n) is 3.21. The first-order chi connectivity index (χ1) is 13.7. The zero-order valence-corrected chi connectivity index (χ0v) is 18.1. The van der Waals surface area contributed by atoms with E-state index in [1.54, 1.807) is 34.9 Å². The van der Waals surface area contributed by atoms with Crippen molar-refractivity contribution < 1.29 is 13.2 Å². The molecule has 0 aliphatic heterocycles. The fraction of sp³-hybridized carbons (Fsp3) is 0.300. The number of hydrogen-bond donors (Lipinski definition) is 1. The SMILES string of the molecule is CCc1ccccc1N(CC(=O)Nc1ccc2c(c1)sc(=O)n2CC)S(C)(=O)=O. The van der Waals surface area contributed by atoms with Crippen molar-refractivity contribution in [3.8, 4) is 0 Å². The van der Waals surface area contributed by atoms with Gasteiger partial charge in [0.05, 0.1) is 22.2 Å². The average Bonchev–Trinajstić information content (AvgIpc) is 2.99. The summed E-state index contributed by atoms with van der Waals surface area (Å²) in [6, 6.07) is 12.4.